The van der Waals surface area contributed by atoms with Crippen LogP contribution < -0.4 is 10.6 Å². The van der Waals surface area contributed by atoms with E-state index in [1.807, 2.05) is 56.3 Å². The molecule has 0 unspecified atom stereocenters. The van der Waals surface area contributed by atoms with Crippen LogP contribution in [-0.4, -0.2) is 23.4 Å². The van der Waals surface area contributed by atoms with Gasteiger partial charge in [0.15, 0.2) is 0 Å². The van der Waals surface area contributed by atoms with E-state index in [-0.39, 0.29) is 11.8 Å². The molecule has 0 bridgehead atoms. The quantitative estimate of drug-likeness (QED) is 0.627. The highest BCUT2D eigenvalue weighted by atomic mass is 79.9. The Balaban J connectivity index is 1.79. The van der Waals surface area contributed by atoms with Crippen molar-refractivity contribution in [3.63, 3.8) is 0 Å². The first kappa shape index (κ1) is 19.9. The Morgan fingerprint density at radius 2 is 1.75 bits per heavy atom. The molecule has 0 radical (unpaired) electrons. The van der Waals surface area contributed by atoms with Crippen LogP contribution in [0, 0.1) is 13.8 Å². The summed E-state index contributed by atoms with van der Waals surface area (Å²) < 4.78 is 3.05. The van der Waals surface area contributed by atoms with Crippen molar-refractivity contribution in [2.45, 2.75) is 20.4 Å². The van der Waals surface area contributed by atoms with E-state index in [0.29, 0.717) is 17.7 Å². The Bertz CT molecular complexity index is 1040. The first-order valence-electron chi connectivity index (χ1n) is 8.95. The predicted molar refractivity (Wildman–Crippen MR) is 114 cm³/mol. The summed E-state index contributed by atoms with van der Waals surface area (Å²) in [4.78, 5) is 24.5. The summed E-state index contributed by atoms with van der Waals surface area (Å²) >= 11 is 3.50. The first-order valence-corrected chi connectivity index (χ1v) is 9.74. The molecule has 0 atom stereocenters. The maximum absolute atomic E-state index is 12.8. The number of rotatable bonds is 5. The number of hydrogen-bond acceptors (Lipinski definition) is 2. The lowest BCUT2D eigenvalue weighted by Gasteiger charge is -2.11. The predicted octanol–water partition coefficient (Wildman–Crippen LogP) is 4.15. The molecular formula is C22H22BrN3O2. The Hall–Kier alpha value is -2.86. The van der Waals surface area contributed by atoms with Crippen LogP contribution in [-0.2, 0) is 6.54 Å². The number of hydrogen-bond donors (Lipinski definition) is 2. The number of nitrogens with one attached hydrogen (secondary N) is 2. The van der Waals surface area contributed by atoms with Crippen LogP contribution in [0.3, 0.4) is 0 Å². The summed E-state index contributed by atoms with van der Waals surface area (Å²) in [5.41, 5.74) is 4.95. The van der Waals surface area contributed by atoms with Crippen LogP contribution in [0.5, 0.6) is 0 Å². The molecular weight excluding hydrogens is 418 g/mol. The average molecular weight is 440 g/mol. The molecule has 0 aliphatic rings. The minimum atomic E-state index is -0.147. The number of benzene rings is 2. The summed E-state index contributed by atoms with van der Waals surface area (Å²) in [5, 5.41) is 5.55. The number of aromatic nitrogens is 1. The first-order chi connectivity index (χ1) is 13.4. The Morgan fingerprint density at radius 1 is 1.00 bits per heavy atom. The van der Waals surface area contributed by atoms with Gasteiger partial charge in [0.25, 0.3) is 11.8 Å². The van der Waals surface area contributed by atoms with E-state index in [0.717, 1.165) is 27.1 Å². The van der Waals surface area contributed by atoms with Gasteiger partial charge in [0.2, 0.25) is 0 Å². The number of carbonyl (C=O) groups is 2. The van der Waals surface area contributed by atoms with Gasteiger partial charge in [0.05, 0.1) is 5.56 Å². The van der Waals surface area contributed by atoms with Crippen molar-refractivity contribution < 1.29 is 9.59 Å². The van der Waals surface area contributed by atoms with E-state index < -0.39 is 0 Å². The van der Waals surface area contributed by atoms with Crippen LogP contribution >= 0.6 is 15.9 Å². The van der Waals surface area contributed by atoms with Crippen molar-refractivity contribution in [2.75, 3.05) is 7.05 Å². The normalized spacial score (nSPS) is 10.6. The van der Waals surface area contributed by atoms with Crippen LogP contribution in [0.15, 0.2) is 59.1 Å². The van der Waals surface area contributed by atoms with Gasteiger partial charge in [-0.25, -0.2) is 0 Å². The number of amides is 2. The standard InChI is InChI=1S/C22H22BrN3O2/c1-14-10-20(15(2)26(14)19-9-5-8-18(23)12-19)22(28)25-13-16-6-4-7-17(11-16)21(27)24-3/h4-12H,13H2,1-3H3,(H,24,27)(H,25,28). The van der Waals surface area contributed by atoms with Crippen molar-refractivity contribution in [3.05, 3.63) is 87.1 Å². The molecule has 1 aromatic heterocycles. The minimum Gasteiger partial charge on any atom is -0.355 e. The summed E-state index contributed by atoms with van der Waals surface area (Å²) in [6, 6.07) is 17.1. The summed E-state index contributed by atoms with van der Waals surface area (Å²) in [6.45, 7) is 4.27. The molecule has 6 heteroatoms. The topological polar surface area (TPSA) is 63.1 Å². The van der Waals surface area contributed by atoms with Crippen LogP contribution in [0.25, 0.3) is 5.69 Å². The van der Waals surface area contributed by atoms with Gasteiger partial charge >= 0.3 is 0 Å². The van der Waals surface area contributed by atoms with E-state index >= 15 is 0 Å². The highest BCUT2D eigenvalue weighted by Crippen LogP contribution is 2.23. The molecule has 1 heterocycles. The molecule has 0 aliphatic carbocycles. The van der Waals surface area contributed by atoms with Gasteiger partial charge < -0.3 is 15.2 Å². The van der Waals surface area contributed by atoms with E-state index in [1.54, 1.807) is 19.2 Å². The van der Waals surface area contributed by atoms with Gasteiger partial charge in [-0.2, -0.15) is 0 Å². The van der Waals surface area contributed by atoms with Crippen LogP contribution in [0.1, 0.15) is 37.7 Å². The van der Waals surface area contributed by atoms with Gasteiger partial charge in [0, 0.05) is 40.7 Å². The number of nitrogens with zero attached hydrogens (tertiary/aromatic N) is 1. The molecule has 0 aliphatic heterocycles. The van der Waals surface area contributed by atoms with Crippen LogP contribution in [0.4, 0.5) is 0 Å². The lowest BCUT2D eigenvalue weighted by atomic mass is 10.1. The number of halogens is 1. The van der Waals surface area contributed by atoms with Gasteiger partial charge in [0.1, 0.15) is 0 Å². The second-order valence-corrected chi connectivity index (χ2v) is 7.48. The molecule has 3 rings (SSSR count). The van der Waals surface area contributed by atoms with Gasteiger partial charge in [-0.15, -0.1) is 0 Å². The third-order valence-electron chi connectivity index (χ3n) is 4.61. The van der Waals surface area contributed by atoms with Crippen LogP contribution in [0.2, 0.25) is 0 Å². The lowest BCUT2D eigenvalue weighted by molar-refractivity contribution is 0.0948. The smallest absolute Gasteiger partial charge is 0.253 e. The molecule has 0 saturated carbocycles. The maximum atomic E-state index is 12.8. The van der Waals surface area contributed by atoms with E-state index in [9.17, 15) is 9.59 Å². The van der Waals surface area contributed by atoms with Gasteiger partial charge in [-0.3, -0.25) is 9.59 Å². The molecule has 5 nitrogen and oxygen atoms in total. The Labute approximate surface area is 172 Å². The van der Waals surface area contributed by atoms with Crippen molar-refractivity contribution >= 4 is 27.7 Å². The van der Waals surface area contributed by atoms with E-state index in [4.69, 9.17) is 0 Å². The van der Waals surface area contributed by atoms with E-state index in [2.05, 4.69) is 31.1 Å². The second-order valence-electron chi connectivity index (χ2n) is 6.56. The monoisotopic (exact) mass is 439 g/mol. The van der Waals surface area contributed by atoms with Gasteiger partial charge in [-0.1, -0.05) is 34.1 Å². The highest BCUT2D eigenvalue weighted by Gasteiger charge is 2.17. The zero-order valence-corrected chi connectivity index (χ0v) is 17.6. The Morgan fingerprint density at radius 3 is 2.46 bits per heavy atom. The summed E-state index contributed by atoms with van der Waals surface area (Å²) in [5.74, 6) is -0.287. The highest BCUT2D eigenvalue weighted by molar-refractivity contribution is 9.10. The number of aryl methyl sites for hydroxylation is 1. The third kappa shape index (κ3) is 4.17. The maximum Gasteiger partial charge on any atom is 0.253 e. The molecule has 2 N–H and O–H groups in total. The van der Waals surface area contributed by atoms with Crippen molar-refractivity contribution in [1.29, 1.82) is 0 Å². The summed E-state index contributed by atoms with van der Waals surface area (Å²) in [7, 11) is 1.60. The van der Waals surface area contributed by atoms with Crippen molar-refractivity contribution in [1.82, 2.24) is 15.2 Å². The molecule has 2 aromatic carbocycles. The molecule has 0 spiro atoms. The van der Waals surface area contributed by atoms with Gasteiger partial charge in [-0.05, 0) is 55.8 Å². The molecule has 0 fully saturated rings. The molecule has 0 saturated heterocycles. The zero-order valence-electron chi connectivity index (χ0n) is 16.0. The fraction of sp³-hybridized carbons (Fsp3) is 0.182. The minimum absolute atomic E-state index is 0.139. The molecule has 144 valence electrons. The Kier molecular flexibility index (Phi) is 5.99. The van der Waals surface area contributed by atoms with Crippen molar-refractivity contribution in [2.24, 2.45) is 0 Å². The van der Waals surface area contributed by atoms with E-state index in [1.165, 1.54) is 0 Å². The fourth-order valence-electron chi connectivity index (χ4n) is 3.25. The zero-order chi connectivity index (χ0) is 20.3. The largest absolute Gasteiger partial charge is 0.355 e. The number of carbonyl (C=O) groups excluding carboxylic acids is 2. The third-order valence-corrected chi connectivity index (χ3v) is 5.10. The fourth-order valence-corrected chi connectivity index (χ4v) is 3.64. The molecule has 2 amide bonds. The lowest BCUT2D eigenvalue weighted by Crippen LogP contribution is -2.24. The van der Waals surface area contributed by atoms with Crippen molar-refractivity contribution in [3.8, 4) is 5.69 Å². The SMILES string of the molecule is CNC(=O)c1cccc(CNC(=O)c2cc(C)n(-c3cccc(Br)c3)c2C)c1. The average Bonchev–Trinajstić information content (AvgIpc) is 3.00. The molecule has 3 aromatic rings. The second kappa shape index (κ2) is 8.44. The molecule has 28 heavy (non-hydrogen) atoms. The summed E-state index contributed by atoms with van der Waals surface area (Å²) in [6.07, 6.45) is 0.